The summed E-state index contributed by atoms with van der Waals surface area (Å²) in [6, 6.07) is 18.7. The predicted octanol–water partition coefficient (Wildman–Crippen LogP) is 4.28. The number of ether oxygens (including phenoxy) is 2. The molecule has 4 heteroatoms. The van der Waals surface area contributed by atoms with E-state index in [1.54, 1.807) is 0 Å². The zero-order valence-corrected chi connectivity index (χ0v) is 14.9. The maximum Gasteiger partial charge on any atom is 0.161 e. The summed E-state index contributed by atoms with van der Waals surface area (Å²) in [7, 11) is 0. The third-order valence-electron chi connectivity index (χ3n) is 4.44. The first-order chi connectivity index (χ1) is 11.4. The second-order valence-corrected chi connectivity index (χ2v) is 5.96. The Bertz CT molecular complexity index is 606. The molecule has 1 aliphatic heterocycles. The van der Waals surface area contributed by atoms with Crippen molar-refractivity contribution in [2.24, 2.45) is 5.92 Å². The fourth-order valence-corrected chi connectivity index (χ4v) is 3.28. The standard InChI is InChI=1S/C20H25NO2.ClH/c1-2-22-19-10-6-7-11-20(19)23-15-17-14-21-13-12-18(17)16-8-4-3-5-9-16;/h3-11,17-18,21H,2,12-15H2,1H3;1H/t17-,18-;/m1./s1. The lowest BCUT2D eigenvalue weighted by Crippen LogP contribution is -2.38. The minimum Gasteiger partial charge on any atom is -0.490 e. The molecule has 1 heterocycles. The van der Waals surface area contributed by atoms with Crippen LogP contribution in [-0.2, 0) is 0 Å². The van der Waals surface area contributed by atoms with E-state index in [2.05, 4.69) is 35.6 Å². The van der Waals surface area contributed by atoms with Gasteiger partial charge in [-0.2, -0.15) is 0 Å². The lowest BCUT2D eigenvalue weighted by atomic mass is 9.81. The molecule has 0 aliphatic carbocycles. The Morgan fingerprint density at radius 2 is 1.62 bits per heavy atom. The number of piperidine rings is 1. The van der Waals surface area contributed by atoms with Crippen LogP contribution in [0.4, 0.5) is 0 Å². The van der Waals surface area contributed by atoms with Gasteiger partial charge in [0.2, 0.25) is 0 Å². The third kappa shape index (κ3) is 4.65. The Morgan fingerprint density at radius 1 is 0.958 bits per heavy atom. The highest BCUT2D eigenvalue weighted by Gasteiger charge is 2.27. The van der Waals surface area contributed by atoms with Crippen molar-refractivity contribution in [1.82, 2.24) is 5.32 Å². The van der Waals surface area contributed by atoms with E-state index in [9.17, 15) is 0 Å². The molecule has 3 rings (SSSR count). The minimum absolute atomic E-state index is 0. The molecule has 1 fully saturated rings. The largest absolute Gasteiger partial charge is 0.490 e. The summed E-state index contributed by atoms with van der Waals surface area (Å²) in [5, 5.41) is 3.50. The van der Waals surface area contributed by atoms with Crippen molar-refractivity contribution >= 4 is 12.4 Å². The van der Waals surface area contributed by atoms with E-state index in [0.717, 1.165) is 31.0 Å². The van der Waals surface area contributed by atoms with Crippen molar-refractivity contribution in [3.8, 4) is 11.5 Å². The summed E-state index contributed by atoms with van der Waals surface area (Å²) in [6.07, 6.45) is 1.16. The van der Waals surface area contributed by atoms with Gasteiger partial charge in [0, 0.05) is 12.5 Å². The molecule has 1 saturated heterocycles. The summed E-state index contributed by atoms with van der Waals surface area (Å²) >= 11 is 0. The molecule has 1 aliphatic rings. The Hall–Kier alpha value is -1.71. The van der Waals surface area contributed by atoms with Crippen LogP contribution in [-0.4, -0.2) is 26.3 Å². The highest BCUT2D eigenvalue weighted by molar-refractivity contribution is 5.85. The lowest BCUT2D eigenvalue weighted by molar-refractivity contribution is 0.189. The predicted molar refractivity (Wildman–Crippen MR) is 101 cm³/mol. The van der Waals surface area contributed by atoms with Crippen LogP contribution in [0.15, 0.2) is 54.6 Å². The first kappa shape index (κ1) is 18.6. The molecule has 24 heavy (non-hydrogen) atoms. The number of nitrogens with one attached hydrogen (secondary N) is 1. The zero-order valence-electron chi connectivity index (χ0n) is 14.1. The van der Waals surface area contributed by atoms with Gasteiger partial charge in [0.15, 0.2) is 11.5 Å². The Kier molecular flexibility index (Phi) is 7.41. The number of para-hydroxylation sites is 2. The minimum atomic E-state index is 0. The van der Waals surface area contributed by atoms with Crippen LogP contribution in [0, 0.1) is 5.92 Å². The lowest BCUT2D eigenvalue weighted by Gasteiger charge is -2.32. The van der Waals surface area contributed by atoms with Gasteiger partial charge in [-0.1, -0.05) is 42.5 Å². The van der Waals surface area contributed by atoms with E-state index < -0.39 is 0 Å². The fraction of sp³-hybridized carbons (Fsp3) is 0.400. The van der Waals surface area contributed by atoms with Crippen LogP contribution < -0.4 is 14.8 Å². The second kappa shape index (κ2) is 9.55. The number of halogens is 1. The molecule has 2 aromatic carbocycles. The van der Waals surface area contributed by atoms with Crippen molar-refractivity contribution in [3.63, 3.8) is 0 Å². The van der Waals surface area contributed by atoms with Crippen molar-refractivity contribution in [1.29, 1.82) is 0 Å². The monoisotopic (exact) mass is 347 g/mol. The van der Waals surface area contributed by atoms with Crippen LogP contribution in [0.1, 0.15) is 24.8 Å². The quantitative estimate of drug-likeness (QED) is 0.846. The summed E-state index contributed by atoms with van der Waals surface area (Å²) in [5.74, 6) is 2.69. The average molecular weight is 348 g/mol. The number of hydrogen-bond acceptors (Lipinski definition) is 3. The molecular formula is C20H26ClNO2. The molecule has 0 radical (unpaired) electrons. The molecule has 0 aromatic heterocycles. The molecular weight excluding hydrogens is 322 g/mol. The first-order valence-corrected chi connectivity index (χ1v) is 8.48. The van der Waals surface area contributed by atoms with Gasteiger partial charge in [0.05, 0.1) is 13.2 Å². The normalized spacial score (nSPS) is 20.0. The number of rotatable bonds is 6. The SMILES string of the molecule is CCOc1ccccc1OC[C@H]1CNCC[C@@H]1c1ccccc1.Cl. The maximum atomic E-state index is 6.12. The van der Waals surface area contributed by atoms with Gasteiger partial charge in [-0.25, -0.2) is 0 Å². The van der Waals surface area contributed by atoms with Gasteiger partial charge in [0.1, 0.15) is 0 Å². The van der Waals surface area contributed by atoms with Crippen LogP contribution in [0.3, 0.4) is 0 Å². The highest BCUT2D eigenvalue weighted by Crippen LogP contribution is 2.32. The van der Waals surface area contributed by atoms with Crippen molar-refractivity contribution in [2.75, 3.05) is 26.3 Å². The average Bonchev–Trinajstić information content (AvgIpc) is 2.62. The Balaban J connectivity index is 0.00000208. The van der Waals surface area contributed by atoms with Crippen LogP contribution in [0.5, 0.6) is 11.5 Å². The van der Waals surface area contributed by atoms with E-state index in [0.29, 0.717) is 25.0 Å². The van der Waals surface area contributed by atoms with E-state index in [1.165, 1.54) is 5.56 Å². The first-order valence-electron chi connectivity index (χ1n) is 8.48. The molecule has 0 saturated carbocycles. The molecule has 2 atom stereocenters. The summed E-state index contributed by atoms with van der Waals surface area (Å²) in [4.78, 5) is 0. The Morgan fingerprint density at radius 3 is 2.33 bits per heavy atom. The van der Waals surface area contributed by atoms with Gasteiger partial charge >= 0.3 is 0 Å². The highest BCUT2D eigenvalue weighted by atomic mass is 35.5. The van der Waals surface area contributed by atoms with E-state index in [4.69, 9.17) is 9.47 Å². The van der Waals surface area contributed by atoms with Gasteiger partial charge < -0.3 is 14.8 Å². The summed E-state index contributed by atoms with van der Waals surface area (Å²) < 4.78 is 11.8. The van der Waals surface area contributed by atoms with Crippen LogP contribution in [0.2, 0.25) is 0 Å². The van der Waals surface area contributed by atoms with E-state index in [1.807, 2.05) is 31.2 Å². The third-order valence-corrected chi connectivity index (χ3v) is 4.44. The smallest absolute Gasteiger partial charge is 0.161 e. The molecule has 0 spiro atoms. The van der Waals surface area contributed by atoms with Crippen molar-refractivity contribution in [3.05, 3.63) is 60.2 Å². The molecule has 0 bridgehead atoms. The molecule has 130 valence electrons. The molecule has 0 amide bonds. The van der Waals surface area contributed by atoms with Gasteiger partial charge in [-0.05, 0) is 43.5 Å². The summed E-state index contributed by atoms with van der Waals surface area (Å²) in [6.45, 7) is 5.42. The topological polar surface area (TPSA) is 30.5 Å². The second-order valence-electron chi connectivity index (χ2n) is 5.96. The van der Waals surface area contributed by atoms with Crippen LogP contribution in [0.25, 0.3) is 0 Å². The zero-order chi connectivity index (χ0) is 15.9. The van der Waals surface area contributed by atoms with Gasteiger partial charge in [0.25, 0.3) is 0 Å². The fourth-order valence-electron chi connectivity index (χ4n) is 3.28. The molecule has 1 N–H and O–H groups in total. The van der Waals surface area contributed by atoms with Gasteiger partial charge in [-0.3, -0.25) is 0 Å². The molecule has 3 nitrogen and oxygen atoms in total. The van der Waals surface area contributed by atoms with E-state index >= 15 is 0 Å². The van der Waals surface area contributed by atoms with Crippen molar-refractivity contribution in [2.45, 2.75) is 19.3 Å². The molecule has 0 unspecified atom stereocenters. The number of hydrogen-bond donors (Lipinski definition) is 1. The Labute approximate surface area is 150 Å². The summed E-state index contributed by atoms with van der Waals surface area (Å²) in [5.41, 5.74) is 1.42. The molecule has 2 aromatic rings. The maximum absolute atomic E-state index is 6.12. The van der Waals surface area contributed by atoms with E-state index in [-0.39, 0.29) is 12.4 Å². The number of benzene rings is 2. The van der Waals surface area contributed by atoms with Gasteiger partial charge in [-0.15, -0.1) is 12.4 Å². The van der Waals surface area contributed by atoms with Crippen molar-refractivity contribution < 1.29 is 9.47 Å². The van der Waals surface area contributed by atoms with Crippen LogP contribution >= 0.6 is 12.4 Å².